The Kier molecular flexibility index (Phi) is 4.37. The minimum absolute atomic E-state index is 0.0663. The fourth-order valence-electron chi connectivity index (χ4n) is 2.55. The van der Waals surface area contributed by atoms with Crippen LogP contribution in [-0.2, 0) is 11.2 Å². The first-order valence-electron chi connectivity index (χ1n) is 6.77. The van der Waals surface area contributed by atoms with Gasteiger partial charge in [-0.15, -0.1) is 0 Å². The molecule has 1 aromatic carbocycles. The Morgan fingerprint density at radius 3 is 2.50 bits per heavy atom. The van der Waals surface area contributed by atoms with Gasteiger partial charge in [0.2, 0.25) is 5.91 Å². The number of carbonyl (C=O) groups excluding carboxylic acids is 1. The average molecular weight is 246 g/mol. The van der Waals surface area contributed by atoms with E-state index in [4.69, 9.17) is 5.73 Å². The van der Waals surface area contributed by atoms with Crippen LogP contribution in [0.4, 0.5) is 0 Å². The quantitative estimate of drug-likeness (QED) is 0.854. The monoisotopic (exact) mass is 246 g/mol. The molecule has 0 aromatic heterocycles. The molecule has 3 nitrogen and oxygen atoms in total. The largest absolute Gasteiger partial charge is 0.354 e. The zero-order valence-electron chi connectivity index (χ0n) is 10.8. The standard InChI is InChI=1S/C15H22N2O/c16-15(9-5-2-6-10-15)12-17-14(18)11-13-7-3-1-4-8-13/h1,3-4,7-8H,2,5-6,9-12,16H2,(H,17,18). The van der Waals surface area contributed by atoms with Crippen molar-refractivity contribution < 1.29 is 4.79 Å². The first-order valence-corrected chi connectivity index (χ1v) is 6.77. The minimum atomic E-state index is -0.176. The van der Waals surface area contributed by atoms with E-state index >= 15 is 0 Å². The van der Waals surface area contributed by atoms with E-state index in [0.717, 1.165) is 18.4 Å². The average Bonchev–Trinajstić information content (AvgIpc) is 2.39. The molecule has 1 aliphatic rings. The summed E-state index contributed by atoms with van der Waals surface area (Å²) in [6.07, 6.45) is 6.14. The molecule has 3 N–H and O–H groups in total. The molecule has 0 heterocycles. The first kappa shape index (κ1) is 13.1. The first-order chi connectivity index (χ1) is 8.68. The van der Waals surface area contributed by atoms with Crippen molar-refractivity contribution in [1.29, 1.82) is 0 Å². The smallest absolute Gasteiger partial charge is 0.224 e. The maximum atomic E-state index is 11.8. The topological polar surface area (TPSA) is 55.1 Å². The van der Waals surface area contributed by atoms with Crippen LogP contribution in [0.2, 0.25) is 0 Å². The number of rotatable bonds is 4. The van der Waals surface area contributed by atoms with E-state index in [-0.39, 0.29) is 11.4 Å². The maximum absolute atomic E-state index is 11.8. The summed E-state index contributed by atoms with van der Waals surface area (Å²) in [4.78, 5) is 11.8. The van der Waals surface area contributed by atoms with Gasteiger partial charge in [-0.05, 0) is 18.4 Å². The van der Waals surface area contributed by atoms with Crippen molar-refractivity contribution in [2.45, 2.75) is 44.1 Å². The molecule has 0 unspecified atom stereocenters. The van der Waals surface area contributed by atoms with Crippen LogP contribution in [0.3, 0.4) is 0 Å². The number of benzene rings is 1. The van der Waals surface area contributed by atoms with Gasteiger partial charge in [0, 0.05) is 12.1 Å². The summed E-state index contributed by atoms with van der Waals surface area (Å²) in [6, 6.07) is 9.80. The molecule has 1 aliphatic carbocycles. The highest BCUT2D eigenvalue weighted by Gasteiger charge is 2.27. The molecule has 1 saturated carbocycles. The van der Waals surface area contributed by atoms with E-state index in [2.05, 4.69) is 5.32 Å². The second-order valence-electron chi connectivity index (χ2n) is 5.36. The van der Waals surface area contributed by atoms with E-state index in [9.17, 15) is 4.79 Å². The summed E-state index contributed by atoms with van der Waals surface area (Å²) in [5, 5.41) is 2.98. The summed E-state index contributed by atoms with van der Waals surface area (Å²) >= 11 is 0. The molecule has 1 fully saturated rings. The number of hydrogen-bond acceptors (Lipinski definition) is 2. The van der Waals surface area contributed by atoms with Crippen LogP contribution in [0.25, 0.3) is 0 Å². The van der Waals surface area contributed by atoms with Gasteiger partial charge in [-0.2, -0.15) is 0 Å². The van der Waals surface area contributed by atoms with Crippen molar-refractivity contribution in [3.05, 3.63) is 35.9 Å². The van der Waals surface area contributed by atoms with Crippen LogP contribution < -0.4 is 11.1 Å². The molecule has 0 bridgehead atoms. The SMILES string of the molecule is NC1(CNC(=O)Cc2ccccc2)CCCCC1. The Bertz CT molecular complexity index is 383. The third-order valence-electron chi connectivity index (χ3n) is 3.69. The van der Waals surface area contributed by atoms with E-state index in [1.165, 1.54) is 19.3 Å². The summed E-state index contributed by atoms with van der Waals surface area (Å²) in [6.45, 7) is 0.610. The van der Waals surface area contributed by atoms with Crippen molar-refractivity contribution in [2.75, 3.05) is 6.54 Å². The fraction of sp³-hybridized carbons (Fsp3) is 0.533. The lowest BCUT2D eigenvalue weighted by Gasteiger charge is -2.33. The van der Waals surface area contributed by atoms with Gasteiger partial charge >= 0.3 is 0 Å². The predicted molar refractivity (Wildman–Crippen MR) is 73.2 cm³/mol. The summed E-state index contributed by atoms with van der Waals surface area (Å²) in [7, 11) is 0. The Hall–Kier alpha value is -1.35. The van der Waals surface area contributed by atoms with Crippen molar-refractivity contribution in [1.82, 2.24) is 5.32 Å². The van der Waals surface area contributed by atoms with Crippen molar-refractivity contribution in [3.8, 4) is 0 Å². The molecule has 0 spiro atoms. The van der Waals surface area contributed by atoms with Gasteiger partial charge in [-0.3, -0.25) is 4.79 Å². The predicted octanol–water partition coefficient (Wildman–Crippen LogP) is 2.01. The van der Waals surface area contributed by atoms with E-state index in [1.54, 1.807) is 0 Å². The molecular formula is C15H22N2O. The Morgan fingerprint density at radius 2 is 1.83 bits per heavy atom. The summed E-state index contributed by atoms with van der Waals surface area (Å²) in [5.74, 6) is 0.0663. The molecule has 0 atom stereocenters. The van der Waals surface area contributed by atoms with Crippen molar-refractivity contribution in [2.24, 2.45) is 5.73 Å². The Labute approximate surface area is 109 Å². The highest BCUT2D eigenvalue weighted by Crippen LogP contribution is 2.25. The Morgan fingerprint density at radius 1 is 1.17 bits per heavy atom. The van der Waals surface area contributed by atoms with E-state index in [1.807, 2.05) is 30.3 Å². The van der Waals surface area contributed by atoms with Crippen molar-refractivity contribution in [3.63, 3.8) is 0 Å². The van der Waals surface area contributed by atoms with Crippen molar-refractivity contribution >= 4 is 5.91 Å². The highest BCUT2D eigenvalue weighted by atomic mass is 16.1. The molecule has 3 heteroatoms. The van der Waals surface area contributed by atoms with Crippen LogP contribution >= 0.6 is 0 Å². The van der Waals surface area contributed by atoms with Gasteiger partial charge in [0.15, 0.2) is 0 Å². The van der Waals surface area contributed by atoms with E-state index < -0.39 is 0 Å². The van der Waals surface area contributed by atoms with Gasteiger partial charge in [0.25, 0.3) is 0 Å². The number of carbonyl (C=O) groups is 1. The number of nitrogens with two attached hydrogens (primary N) is 1. The van der Waals surface area contributed by atoms with Crippen LogP contribution in [0.1, 0.15) is 37.7 Å². The number of nitrogens with one attached hydrogen (secondary N) is 1. The highest BCUT2D eigenvalue weighted by molar-refractivity contribution is 5.78. The molecule has 0 aliphatic heterocycles. The van der Waals surface area contributed by atoms with Gasteiger partial charge in [0.05, 0.1) is 6.42 Å². The number of hydrogen-bond donors (Lipinski definition) is 2. The molecular weight excluding hydrogens is 224 g/mol. The minimum Gasteiger partial charge on any atom is -0.354 e. The molecule has 0 saturated heterocycles. The summed E-state index contributed by atoms with van der Waals surface area (Å²) in [5.41, 5.74) is 7.16. The zero-order chi connectivity index (χ0) is 12.8. The lowest BCUT2D eigenvalue weighted by atomic mass is 9.82. The molecule has 0 radical (unpaired) electrons. The van der Waals surface area contributed by atoms with Gasteiger partial charge < -0.3 is 11.1 Å². The van der Waals surface area contributed by atoms with Crippen LogP contribution in [0.15, 0.2) is 30.3 Å². The normalized spacial score (nSPS) is 18.3. The molecule has 1 aromatic rings. The van der Waals surface area contributed by atoms with Crippen LogP contribution in [0, 0.1) is 0 Å². The fourth-order valence-corrected chi connectivity index (χ4v) is 2.55. The number of amides is 1. The summed E-state index contributed by atoms with van der Waals surface area (Å²) < 4.78 is 0. The second kappa shape index (κ2) is 6.01. The van der Waals surface area contributed by atoms with E-state index in [0.29, 0.717) is 13.0 Å². The third kappa shape index (κ3) is 3.84. The second-order valence-corrected chi connectivity index (χ2v) is 5.36. The zero-order valence-corrected chi connectivity index (χ0v) is 10.8. The van der Waals surface area contributed by atoms with Gasteiger partial charge in [0.1, 0.15) is 0 Å². The van der Waals surface area contributed by atoms with Gasteiger partial charge in [-0.1, -0.05) is 49.6 Å². The van der Waals surface area contributed by atoms with Crippen LogP contribution in [-0.4, -0.2) is 18.0 Å². The molecule has 1 amide bonds. The van der Waals surface area contributed by atoms with Gasteiger partial charge in [-0.25, -0.2) is 0 Å². The Balaban J connectivity index is 1.78. The molecule has 2 rings (SSSR count). The third-order valence-corrected chi connectivity index (χ3v) is 3.69. The lowest BCUT2D eigenvalue weighted by molar-refractivity contribution is -0.120. The lowest BCUT2D eigenvalue weighted by Crippen LogP contribution is -2.51. The maximum Gasteiger partial charge on any atom is 0.224 e. The van der Waals surface area contributed by atoms with Crippen LogP contribution in [0.5, 0.6) is 0 Å². The molecule has 18 heavy (non-hydrogen) atoms. The molecule has 98 valence electrons.